The number of hydrogen-bond donors (Lipinski definition) is 1. The Bertz CT molecular complexity index is 1290. The van der Waals surface area contributed by atoms with Crippen LogP contribution in [0.15, 0.2) is 77.7 Å². The molecule has 37 heavy (non-hydrogen) atoms. The number of hydrogen-bond acceptors (Lipinski definition) is 5. The van der Waals surface area contributed by atoms with Crippen LogP contribution in [0.4, 0.5) is 5.69 Å². The third-order valence-corrected chi connectivity index (χ3v) is 8.39. The van der Waals surface area contributed by atoms with Crippen LogP contribution in [0.2, 0.25) is 0 Å². The Morgan fingerprint density at radius 1 is 0.919 bits per heavy atom. The molecule has 1 aliphatic rings. The van der Waals surface area contributed by atoms with Crippen molar-refractivity contribution in [1.29, 1.82) is 0 Å². The van der Waals surface area contributed by atoms with Gasteiger partial charge in [0.15, 0.2) is 0 Å². The molecule has 0 bridgehead atoms. The molecule has 0 aromatic heterocycles. The van der Waals surface area contributed by atoms with Gasteiger partial charge in [-0.1, -0.05) is 60.5 Å². The van der Waals surface area contributed by atoms with Crippen LogP contribution in [-0.2, 0) is 27.9 Å². The summed E-state index contributed by atoms with van der Waals surface area (Å²) in [6.07, 6.45) is 3.83. The van der Waals surface area contributed by atoms with Crippen LogP contribution in [0.1, 0.15) is 36.0 Å². The molecule has 3 aromatic rings. The van der Waals surface area contributed by atoms with Gasteiger partial charge in [-0.15, -0.1) is 0 Å². The Morgan fingerprint density at radius 2 is 1.57 bits per heavy atom. The minimum atomic E-state index is -4.01. The SMILES string of the molecule is COc1ccccc1N(CC(=O)NCc1ccc(CN2CCCCC2)cc1)S(=O)(=O)c1ccc(C)cc1. The number of piperidine rings is 1. The zero-order valence-corrected chi connectivity index (χ0v) is 22.3. The average Bonchev–Trinajstić information content (AvgIpc) is 2.92. The van der Waals surface area contributed by atoms with Crippen molar-refractivity contribution in [1.82, 2.24) is 10.2 Å². The molecule has 1 N–H and O–H groups in total. The number of likely N-dealkylation sites (tertiary alicyclic amines) is 1. The number of aryl methyl sites for hydroxylation is 1. The number of ether oxygens (including phenoxy) is 1. The van der Waals surface area contributed by atoms with Crippen LogP contribution in [0.25, 0.3) is 0 Å². The lowest BCUT2D eigenvalue weighted by molar-refractivity contribution is -0.119. The van der Waals surface area contributed by atoms with Gasteiger partial charge < -0.3 is 10.1 Å². The van der Waals surface area contributed by atoms with Crippen LogP contribution >= 0.6 is 0 Å². The zero-order chi connectivity index (χ0) is 26.3. The molecule has 8 heteroatoms. The molecule has 7 nitrogen and oxygen atoms in total. The number of nitrogens with zero attached hydrogens (tertiary/aromatic N) is 2. The minimum absolute atomic E-state index is 0.112. The lowest BCUT2D eigenvalue weighted by Gasteiger charge is -2.26. The van der Waals surface area contributed by atoms with E-state index in [-0.39, 0.29) is 11.4 Å². The maximum atomic E-state index is 13.6. The van der Waals surface area contributed by atoms with Gasteiger partial charge in [-0.3, -0.25) is 14.0 Å². The molecule has 1 saturated heterocycles. The van der Waals surface area contributed by atoms with Crippen molar-refractivity contribution < 1.29 is 17.9 Å². The second-order valence-electron chi connectivity index (χ2n) is 9.43. The summed E-state index contributed by atoms with van der Waals surface area (Å²) < 4.78 is 33.7. The van der Waals surface area contributed by atoms with Gasteiger partial charge in [-0.2, -0.15) is 0 Å². The first kappa shape index (κ1) is 26.7. The Balaban J connectivity index is 1.46. The summed E-state index contributed by atoms with van der Waals surface area (Å²) in [5.41, 5.74) is 3.47. The van der Waals surface area contributed by atoms with Crippen molar-refractivity contribution in [2.24, 2.45) is 0 Å². The maximum absolute atomic E-state index is 13.6. The van der Waals surface area contributed by atoms with Gasteiger partial charge >= 0.3 is 0 Å². The molecule has 0 atom stereocenters. The van der Waals surface area contributed by atoms with Crippen molar-refractivity contribution in [3.63, 3.8) is 0 Å². The molecule has 0 radical (unpaired) electrons. The first-order chi connectivity index (χ1) is 17.9. The van der Waals surface area contributed by atoms with E-state index in [0.29, 0.717) is 18.0 Å². The Morgan fingerprint density at radius 3 is 2.24 bits per heavy atom. The van der Waals surface area contributed by atoms with E-state index in [9.17, 15) is 13.2 Å². The molecule has 0 unspecified atom stereocenters. The minimum Gasteiger partial charge on any atom is -0.495 e. The van der Waals surface area contributed by atoms with E-state index in [1.807, 2.05) is 19.1 Å². The highest BCUT2D eigenvalue weighted by Gasteiger charge is 2.29. The summed E-state index contributed by atoms with van der Waals surface area (Å²) in [6, 6.07) is 21.6. The number of methoxy groups -OCH3 is 1. The van der Waals surface area contributed by atoms with Gasteiger partial charge in [0.05, 0.1) is 17.7 Å². The molecular weight excluding hydrogens is 486 g/mol. The Labute approximate surface area is 220 Å². The van der Waals surface area contributed by atoms with Gasteiger partial charge in [0.25, 0.3) is 10.0 Å². The van der Waals surface area contributed by atoms with Crippen molar-refractivity contribution >= 4 is 21.6 Å². The predicted molar refractivity (Wildman–Crippen MR) is 146 cm³/mol. The van der Waals surface area contributed by atoms with Crippen LogP contribution in [-0.4, -0.2) is 46.0 Å². The molecule has 196 valence electrons. The Kier molecular flexibility index (Phi) is 8.84. The molecule has 4 rings (SSSR count). The number of anilines is 1. The van der Waals surface area contributed by atoms with Crippen molar-refractivity contribution in [2.75, 3.05) is 31.0 Å². The summed E-state index contributed by atoms with van der Waals surface area (Å²) in [5.74, 6) is -0.0331. The van der Waals surface area contributed by atoms with Gasteiger partial charge in [-0.05, 0) is 68.2 Å². The normalized spacial score (nSPS) is 14.2. The van der Waals surface area contributed by atoms with Gasteiger partial charge in [-0.25, -0.2) is 8.42 Å². The van der Waals surface area contributed by atoms with Crippen LogP contribution in [0.5, 0.6) is 5.75 Å². The van der Waals surface area contributed by atoms with Crippen LogP contribution in [0.3, 0.4) is 0 Å². The topological polar surface area (TPSA) is 79.0 Å². The fourth-order valence-corrected chi connectivity index (χ4v) is 5.93. The highest BCUT2D eigenvalue weighted by Crippen LogP contribution is 2.32. The number of amides is 1. The first-order valence-electron chi connectivity index (χ1n) is 12.7. The monoisotopic (exact) mass is 521 g/mol. The number of para-hydroxylation sites is 2. The highest BCUT2D eigenvalue weighted by atomic mass is 32.2. The van der Waals surface area contributed by atoms with E-state index in [4.69, 9.17) is 4.74 Å². The molecule has 1 fully saturated rings. The molecule has 1 aliphatic heterocycles. The quantitative estimate of drug-likeness (QED) is 0.425. The number of sulfonamides is 1. The summed E-state index contributed by atoms with van der Waals surface area (Å²) in [4.78, 5) is 15.6. The third-order valence-electron chi connectivity index (χ3n) is 6.62. The summed E-state index contributed by atoms with van der Waals surface area (Å²) in [5, 5.41) is 2.87. The average molecular weight is 522 g/mol. The molecule has 3 aromatic carbocycles. The molecule has 0 aliphatic carbocycles. The van der Waals surface area contributed by atoms with E-state index >= 15 is 0 Å². The lowest BCUT2D eigenvalue weighted by atomic mass is 10.1. The lowest BCUT2D eigenvalue weighted by Crippen LogP contribution is -2.40. The zero-order valence-electron chi connectivity index (χ0n) is 21.5. The number of rotatable bonds is 10. The van der Waals surface area contributed by atoms with Crippen molar-refractivity contribution in [3.05, 3.63) is 89.5 Å². The van der Waals surface area contributed by atoms with E-state index in [0.717, 1.165) is 35.1 Å². The second kappa shape index (κ2) is 12.3. The van der Waals surface area contributed by atoms with Crippen molar-refractivity contribution in [2.45, 2.75) is 44.2 Å². The second-order valence-corrected chi connectivity index (χ2v) is 11.3. The third kappa shape index (κ3) is 6.90. The number of carbonyl (C=O) groups is 1. The summed E-state index contributed by atoms with van der Waals surface area (Å²) >= 11 is 0. The van der Waals surface area contributed by atoms with E-state index < -0.39 is 15.9 Å². The standard InChI is InChI=1S/C29H35N3O4S/c1-23-10-16-26(17-11-23)37(34,35)32(27-8-4-5-9-28(27)36-2)22-29(33)30-20-24-12-14-25(15-13-24)21-31-18-6-3-7-19-31/h4-5,8-17H,3,6-7,18-22H2,1-2H3,(H,30,33). The number of carbonyl (C=O) groups excluding carboxylic acids is 1. The summed E-state index contributed by atoms with van der Waals surface area (Å²) in [7, 11) is -2.54. The highest BCUT2D eigenvalue weighted by molar-refractivity contribution is 7.92. The molecule has 0 saturated carbocycles. The van der Waals surface area contributed by atoms with E-state index in [2.05, 4.69) is 22.3 Å². The van der Waals surface area contributed by atoms with E-state index in [1.54, 1.807) is 48.5 Å². The largest absolute Gasteiger partial charge is 0.495 e. The Hall–Kier alpha value is -3.36. The maximum Gasteiger partial charge on any atom is 0.264 e. The fraction of sp³-hybridized carbons (Fsp3) is 0.345. The smallest absolute Gasteiger partial charge is 0.264 e. The first-order valence-corrected chi connectivity index (χ1v) is 14.1. The molecule has 1 amide bonds. The fourth-order valence-electron chi connectivity index (χ4n) is 4.50. The van der Waals surface area contributed by atoms with Crippen molar-refractivity contribution in [3.8, 4) is 5.75 Å². The molecular formula is C29H35N3O4S. The van der Waals surface area contributed by atoms with Gasteiger partial charge in [0.2, 0.25) is 5.91 Å². The summed E-state index contributed by atoms with van der Waals surface area (Å²) in [6.45, 7) is 5.06. The predicted octanol–water partition coefficient (Wildman–Crippen LogP) is 4.50. The number of benzene rings is 3. The van der Waals surface area contributed by atoms with Crippen LogP contribution in [0, 0.1) is 6.92 Å². The van der Waals surface area contributed by atoms with Gasteiger partial charge in [0, 0.05) is 13.1 Å². The molecule has 1 heterocycles. The van der Waals surface area contributed by atoms with E-state index in [1.165, 1.54) is 31.9 Å². The van der Waals surface area contributed by atoms with Gasteiger partial charge in [0.1, 0.15) is 12.3 Å². The molecule has 0 spiro atoms. The van der Waals surface area contributed by atoms with Crippen LogP contribution < -0.4 is 14.4 Å². The number of nitrogens with one attached hydrogen (secondary N) is 1.